The van der Waals surface area contributed by atoms with E-state index in [0.29, 0.717) is 35.0 Å². The Morgan fingerprint density at radius 2 is 1.85 bits per heavy atom. The van der Waals surface area contributed by atoms with E-state index in [1.807, 2.05) is 39.1 Å². The van der Waals surface area contributed by atoms with Crippen LogP contribution in [0.25, 0.3) is 27.8 Å². The van der Waals surface area contributed by atoms with E-state index in [4.69, 9.17) is 4.74 Å². The molecular weight excluding hydrogens is 806 g/mol. The summed E-state index contributed by atoms with van der Waals surface area (Å²) in [7, 11) is -2.24. The first kappa shape index (κ1) is 39.5. The molecule has 61 heavy (non-hydrogen) atoms. The maximum Gasteiger partial charge on any atom is 0.329 e. The average Bonchev–Trinajstić information content (AvgIpc) is 3.98. The Morgan fingerprint density at radius 1 is 1.02 bits per heavy atom. The number of anilines is 4. The van der Waals surface area contributed by atoms with Gasteiger partial charge in [-0.25, -0.2) is 22.6 Å². The van der Waals surface area contributed by atoms with Gasteiger partial charge in [0.1, 0.15) is 17.8 Å². The van der Waals surface area contributed by atoms with E-state index in [1.165, 1.54) is 33.9 Å². The third-order valence-electron chi connectivity index (χ3n) is 10.8. The van der Waals surface area contributed by atoms with Gasteiger partial charge < -0.3 is 15.0 Å². The molecule has 1 atom stereocenters. The van der Waals surface area contributed by atoms with Gasteiger partial charge in [-0.15, -0.1) is 5.10 Å². The summed E-state index contributed by atoms with van der Waals surface area (Å²) in [4.78, 5) is 39.2. The fourth-order valence-corrected chi connectivity index (χ4v) is 9.18. The number of nitrogens with one attached hydrogen (secondary N) is 3. The van der Waals surface area contributed by atoms with E-state index in [0.717, 1.165) is 47.9 Å². The third kappa shape index (κ3) is 7.59. The number of hydrogen-bond acceptors (Lipinski definition) is 13. The molecule has 0 aliphatic carbocycles. The number of urea groups is 1. The van der Waals surface area contributed by atoms with Crippen LogP contribution in [0.4, 0.5) is 32.3 Å². The zero-order valence-corrected chi connectivity index (χ0v) is 34.5. The van der Waals surface area contributed by atoms with E-state index in [2.05, 4.69) is 63.8 Å². The standard InChI is InChI=1S/C41H42FN13O5S/c1-24(2)60-37-36(27-19-44-45-20-27)43-23-55-39(37)48-40(50-55)46-33-11-9-30(18-32(33)42)61(58,59)29-7-5-6-26(16-29)22-52-14-15-53(25(3)21-52)28-8-10-31-34(17-28)51(4)49-38(31)54-13-12-35(56)47-41(54)57/h5-11,16-20,23-25H,12-15,21-22H2,1-4H3,(H,44,45)(H,46,50)(H,47,56,57)/t25-/m0/s1. The molecule has 3 amide bonds. The Labute approximate surface area is 349 Å². The van der Waals surface area contributed by atoms with Crippen LogP contribution in [0.1, 0.15) is 32.8 Å². The van der Waals surface area contributed by atoms with Crippen molar-refractivity contribution in [3.05, 3.63) is 90.8 Å². The molecule has 18 nitrogen and oxygen atoms in total. The van der Waals surface area contributed by atoms with E-state index in [9.17, 15) is 18.0 Å². The van der Waals surface area contributed by atoms with Gasteiger partial charge in [-0.2, -0.15) is 19.7 Å². The van der Waals surface area contributed by atoms with Crippen molar-refractivity contribution < 1.29 is 27.1 Å². The normalized spacial score (nSPS) is 16.5. The Balaban J connectivity index is 0.869. The highest BCUT2D eigenvalue weighted by atomic mass is 32.2. The number of piperazine rings is 1. The summed E-state index contributed by atoms with van der Waals surface area (Å²) in [5, 5.41) is 21.8. The van der Waals surface area contributed by atoms with Crippen molar-refractivity contribution in [3.63, 3.8) is 0 Å². The number of aromatic amines is 1. The number of amides is 3. The maximum atomic E-state index is 15.6. The number of aromatic nitrogens is 8. The van der Waals surface area contributed by atoms with Gasteiger partial charge in [0.25, 0.3) is 0 Å². The van der Waals surface area contributed by atoms with E-state index < -0.39 is 21.7 Å². The van der Waals surface area contributed by atoms with Crippen molar-refractivity contribution in [2.24, 2.45) is 7.05 Å². The highest BCUT2D eigenvalue weighted by Gasteiger charge is 2.30. The fraction of sp³-hybridized carbons (Fsp3) is 0.293. The number of nitrogens with zero attached hydrogens (tertiary/aromatic N) is 10. The number of carbonyl (C=O) groups is 2. The van der Waals surface area contributed by atoms with E-state index in [1.54, 1.807) is 29.2 Å². The second-order valence-corrected chi connectivity index (χ2v) is 17.3. The summed E-state index contributed by atoms with van der Waals surface area (Å²) in [6, 6.07) is 16.2. The largest absolute Gasteiger partial charge is 0.485 e. The zero-order valence-electron chi connectivity index (χ0n) is 33.7. The molecule has 0 unspecified atom stereocenters. The number of imide groups is 1. The summed E-state index contributed by atoms with van der Waals surface area (Å²) < 4.78 is 52.6. The van der Waals surface area contributed by atoms with Crippen molar-refractivity contribution in [2.45, 2.75) is 55.7 Å². The Bertz CT molecular complexity index is 2930. The van der Waals surface area contributed by atoms with Crippen molar-refractivity contribution in [1.29, 1.82) is 0 Å². The Morgan fingerprint density at radius 3 is 2.61 bits per heavy atom. The van der Waals surface area contributed by atoms with Crippen LogP contribution in [0.5, 0.6) is 5.75 Å². The first-order chi connectivity index (χ1) is 29.3. The molecule has 2 aliphatic rings. The molecule has 6 heterocycles. The fourth-order valence-electron chi connectivity index (χ4n) is 7.84. The molecule has 4 aromatic heterocycles. The second kappa shape index (κ2) is 15.6. The molecule has 2 fully saturated rings. The van der Waals surface area contributed by atoms with Crippen LogP contribution < -0.4 is 25.2 Å². The zero-order chi connectivity index (χ0) is 42.6. The average molecular weight is 848 g/mol. The molecule has 2 aliphatic heterocycles. The van der Waals surface area contributed by atoms with Crippen molar-refractivity contribution in [1.82, 2.24) is 49.8 Å². The molecule has 0 radical (unpaired) electrons. The summed E-state index contributed by atoms with van der Waals surface area (Å²) in [6.07, 6.45) is 4.77. The molecule has 0 bridgehead atoms. The summed E-state index contributed by atoms with van der Waals surface area (Å²) in [5.74, 6) is -0.144. The summed E-state index contributed by atoms with van der Waals surface area (Å²) >= 11 is 0. The van der Waals surface area contributed by atoms with Gasteiger partial charge in [0.2, 0.25) is 27.3 Å². The van der Waals surface area contributed by atoms with Crippen molar-refractivity contribution in [3.8, 4) is 17.0 Å². The first-order valence-corrected chi connectivity index (χ1v) is 21.2. The lowest BCUT2D eigenvalue weighted by Gasteiger charge is -2.41. The molecule has 314 valence electrons. The number of carbonyl (C=O) groups excluding carboxylic acids is 2. The minimum atomic E-state index is -4.08. The van der Waals surface area contributed by atoms with Crippen LogP contribution >= 0.6 is 0 Å². The number of sulfone groups is 1. The van der Waals surface area contributed by atoms with Crippen LogP contribution in [0.2, 0.25) is 0 Å². The van der Waals surface area contributed by atoms with Gasteiger partial charge >= 0.3 is 6.03 Å². The van der Waals surface area contributed by atoms with Crippen LogP contribution in [0.15, 0.2) is 89.2 Å². The molecular formula is C41H42FN13O5S. The predicted octanol–water partition coefficient (Wildman–Crippen LogP) is 5.06. The third-order valence-corrected chi connectivity index (χ3v) is 12.5. The number of fused-ring (bicyclic) bond motifs is 2. The first-order valence-electron chi connectivity index (χ1n) is 19.7. The Kier molecular flexibility index (Phi) is 10.1. The van der Waals surface area contributed by atoms with Crippen LogP contribution in [-0.2, 0) is 28.2 Å². The van der Waals surface area contributed by atoms with Gasteiger partial charge in [-0.3, -0.25) is 29.7 Å². The minimum absolute atomic E-state index is 0.0126. The number of benzene rings is 3. The Hall–Kier alpha value is -6.93. The molecule has 0 spiro atoms. The van der Waals surface area contributed by atoms with Gasteiger partial charge in [0.15, 0.2) is 11.6 Å². The summed E-state index contributed by atoms with van der Waals surface area (Å²) in [6.45, 7) is 8.87. The number of halogens is 1. The van der Waals surface area contributed by atoms with Crippen LogP contribution in [0.3, 0.4) is 0 Å². The monoisotopic (exact) mass is 847 g/mol. The van der Waals surface area contributed by atoms with Gasteiger partial charge in [-0.05, 0) is 74.9 Å². The topological polar surface area (TPSA) is 201 Å². The highest BCUT2D eigenvalue weighted by Crippen LogP contribution is 2.34. The highest BCUT2D eigenvalue weighted by molar-refractivity contribution is 7.91. The number of hydrogen-bond donors (Lipinski definition) is 3. The van der Waals surface area contributed by atoms with Gasteiger partial charge in [0, 0.05) is 75.1 Å². The molecule has 20 heteroatoms. The van der Waals surface area contributed by atoms with E-state index >= 15 is 4.39 Å². The molecule has 0 saturated carbocycles. The quantitative estimate of drug-likeness (QED) is 0.156. The second-order valence-electron chi connectivity index (χ2n) is 15.4. The lowest BCUT2D eigenvalue weighted by atomic mass is 10.1. The number of H-pyrrole nitrogens is 1. The van der Waals surface area contributed by atoms with Crippen molar-refractivity contribution in [2.75, 3.05) is 41.3 Å². The molecule has 3 N–H and O–H groups in total. The van der Waals surface area contributed by atoms with Gasteiger partial charge in [-0.1, -0.05) is 12.1 Å². The lowest BCUT2D eigenvalue weighted by molar-refractivity contribution is -0.120. The lowest BCUT2D eigenvalue weighted by Crippen LogP contribution is -2.51. The molecule has 9 rings (SSSR count). The molecule has 7 aromatic rings. The van der Waals surface area contributed by atoms with E-state index in [-0.39, 0.29) is 52.4 Å². The summed E-state index contributed by atoms with van der Waals surface area (Å²) in [5.41, 5.74) is 4.24. The van der Waals surface area contributed by atoms with Crippen LogP contribution in [-0.4, -0.2) is 103 Å². The molecule has 2 saturated heterocycles. The van der Waals surface area contributed by atoms with Crippen LogP contribution in [0, 0.1) is 5.82 Å². The predicted molar refractivity (Wildman–Crippen MR) is 224 cm³/mol. The maximum absolute atomic E-state index is 15.6. The van der Waals surface area contributed by atoms with Crippen molar-refractivity contribution >= 4 is 61.5 Å². The number of ether oxygens (including phenoxy) is 1. The number of aryl methyl sites for hydroxylation is 1. The minimum Gasteiger partial charge on any atom is -0.485 e. The van der Waals surface area contributed by atoms with Gasteiger partial charge in [0.05, 0.1) is 33.3 Å². The number of rotatable bonds is 11. The molecule has 3 aromatic carbocycles. The SMILES string of the molecule is CC(C)Oc1c(-c2cn[nH]c2)ncn2nc(Nc3ccc(S(=O)(=O)c4cccc(CN5CCN(c6ccc7c(N8CCC(=O)NC8=O)nn(C)c7c6)[C@@H](C)C5)c4)cc3F)nc12. The smallest absolute Gasteiger partial charge is 0.329 e.